The second-order valence-corrected chi connectivity index (χ2v) is 6.72. The van der Waals surface area contributed by atoms with Gasteiger partial charge in [-0.3, -0.25) is 4.72 Å². The third-order valence-electron chi connectivity index (χ3n) is 2.50. The Balaban J connectivity index is 2.26. The van der Waals surface area contributed by atoms with E-state index in [1.807, 2.05) is 13.8 Å². The maximum absolute atomic E-state index is 12.0. The molecule has 2 heterocycles. The molecule has 0 fully saturated rings. The summed E-state index contributed by atoms with van der Waals surface area (Å²) < 4.78 is 26.5. The Labute approximate surface area is 109 Å². The Bertz CT molecular complexity index is 638. The van der Waals surface area contributed by atoms with Gasteiger partial charge >= 0.3 is 0 Å². The molecule has 2 rings (SSSR count). The molecular weight excluding hydrogens is 272 g/mol. The van der Waals surface area contributed by atoms with Crippen LogP contribution in [0.2, 0.25) is 0 Å². The van der Waals surface area contributed by atoms with E-state index in [2.05, 4.69) is 14.7 Å². The van der Waals surface area contributed by atoms with E-state index < -0.39 is 10.0 Å². The lowest BCUT2D eigenvalue weighted by atomic mass is 10.4. The molecule has 0 atom stereocenters. The first-order valence-corrected chi connectivity index (χ1v) is 7.56. The molecule has 0 saturated heterocycles. The van der Waals surface area contributed by atoms with E-state index in [1.54, 1.807) is 0 Å². The average Bonchev–Trinajstić information content (AvgIpc) is 2.86. The van der Waals surface area contributed by atoms with E-state index in [9.17, 15) is 8.42 Å². The zero-order valence-corrected chi connectivity index (χ0v) is 11.7. The number of sulfonamides is 1. The minimum atomic E-state index is -3.59. The Kier molecular flexibility index (Phi) is 3.42. The van der Waals surface area contributed by atoms with Crippen molar-refractivity contribution in [1.29, 1.82) is 0 Å². The van der Waals surface area contributed by atoms with Gasteiger partial charge in [0.2, 0.25) is 0 Å². The van der Waals surface area contributed by atoms with E-state index in [4.69, 9.17) is 5.73 Å². The molecule has 0 spiro atoms. The molecule has 8 heteroatoms. The molecule has 4 N–H and O–H groups in total. The summed E-state index contributed by atoms with van der Waals surface area (Å²) in [6, 6.07) is 1.51. The number of H-pyrrole nitrogens is 1. The normalized spacial score (nSPS) is 11.7. The van der Waals surface area contributed by atoms with Crippen molar-refractivity contribution in [2.24, 2.45) is 5.73 Å². The van der Waals surface area contributed by atoms with Gasteiger partial charge in [0.25, 0.3) is 10.0 Å². The van der Waals surface area contributed by atoms with Crippen molar-refractivity contribution in [2.45, 2.75) is 25.3 Å². The van der Waals surface area contributed by atoms with Gasteiger partial charge in [-0.15, -0.1) is 11.3 Å². The number of hydrogen-bond acceptors (Lipinski definition) is 5. The van der Waals surface area contributed by atoms with Crippen LogP contribution in [0.4, 0.5) is 5.13 Å². The number of nitrogens with one attached hydrogen (secondary N) is 2. The van der Waals surface area contributed by atoms with Crippen LogP contribution in [0.25, 0.3) is 0 Å². The van der Waals surface area contributed by atoms with Crippen LogP contribution < -0.4 is 10.5 Å². The second kappa shape index (κ2) is 4.71. The Hall–Kier alpha value is -1.38. The number of aryl methyl sites for hydroxylation is 2. The molecule has 0 aliphatic carbocycles. The lowest BCUT2D eigenvalue weighted by Gasteiger charge is -2.01. The fourth-order valence-corrected chi connectivity index (χ4v) is 3.45. The van der Waals surface area contributed by atoms with E-state index in [-0.39, 0.29) is 11.4 Å². The standard InChI is InChI=1S/C10H14N4O2S2/c1-6-7(2)17-10(13-6)14-18(15,16)9-3-8(4-11)12-5-9/h3,5,12H,4,11H2,1-2H3,(H,13,14). The zero-order chi connectivity index (χ0) is 13.3. The van der Waals surface area contributed by atoms with Gasteiger partial charge in [0.05, 0.1) is 5.69 Å². The van der Waals surface area contributed by atoms with Crippen LogP contribution >= 0.6 is 11.3 Å². The minimum absolute atomic E-state index is 0.161. The zero-order valence-electron chi connectivity index (χ0n) is 10.0. The van der Waals surface area contributed by atoms with Gasteiger partial charge in [-0.25, -0.2) is 13.4 Å². The van der Waals surface area contributed by atoms with Gasteiger partial charge in [-0.2, -0.15) is 0 Å². The maximum atomic E-state index is 12.0. The van der Waals surface area contributed by atoms with Crippen LogP contribution in [0.5, 0.6) is 0 Å². The average molecular weight is 286 g/mol. The molecule has 0 aliphatic rings. The predicted molar refractivity (Wildman–Crippen MR) is 71.1 cm³/mol. The Morgan fingerprint density at radius 1 is 1.50 bits per heavy atom. The molecule has 18 heavy (non-hydrogen) atoms. The third kappa shape index (κ3) is 2.55. The second-order valence-electron chi connectivity index (χ2n) is 3.83. The fourth-order valence-electron chi connectivity index (χ4n) is 1.38. The predicted octanol–water partition coefficient (Wildman–Crippen LogP) is 1.35. The summed E-state index contributed by atoms with van der Waals surface area (Å²) in [6.45, 7) is 4.01. The maximum Gasteiger partial charge on any atom is 0.265 e. The summed E-state index contributed by atoms with van der Waals surface area (Å²) in [5.74, 6) is 0. The monoisotopic (exact) mass is 286 g/mol. The number of hydrogen-bond donors (Lipinski definition) is 3. The van der Waals surface area contributed by atoms with Crippen LogP contribution in [0.1, 0.15) is 16.3 Å². The molecule has 0 saturated carbocycles. The molecule has 0 bridgehead atoms. The summed E-state index contributed by atoms with van der Waals surface area (Å²) in [4.78, 5) is 8.09. The molecule has 0 aliphatic heterocycles. The number of aromatic amines is 1. The van der Waals surface area contributed by atoms with Crippen molar-refractivity contribution < 1.29 is 8.42 Å². The Morgan fingerprint density at radius 3 is 2.72 bits per heavy atom. The number of rotatable bonds is 4. The molecule has 98 valence electrons. The first kappa shape index (κ1) is 13.1. The van der Waals surface area contributed by atoms with Gasteiger partial charge in [-0.05, 0) is 19.9 Å². The third-order valence-corrected chi connectivity index (χ3v) is 4.93. The highest BCUT2D eigenvalue weighted by atomic mass is 32.2. The van der Waals surface area contributed by atoms with Gasteiger partial charge < -0.3 is 10.7 Å². The van der Waals surface area contributed by atoms with Gasteiger partial charge in [0, 0.05) is 23.3 Å². The molecule has 0 radical (unpaired) electrons. The van der Waals surface area contributed by atoms with Crippen molar-refractivity contribution >= 4 is 26.5 Å². The molecular formula is C10H14N4O2S2. The molecule has 0 aromatic carbocycles. The van der Waals surface area contributed by atoms with Crippen molar-refractivity contribution in [3.63, 3.8) is 0 Å². The summed E-state index contributed by atoms with van der Waals surface area (Å²) >= 11 is 1.31. The van der Waals surface area contributed by atoms with Crippen molar-refractivity contribution in [1.82, 2.24) is 9.97 Å². The molecule has 2 aromatic rings. The quantitative estimate of drug-likeness (QED) is 0.789. The highest BCUT2D eigenvalue weighted by Crippen LogP contribution is 2.24. The highest BCUT2D eigenvalue weighted by molar-refractivity contribution is 7.93. The van der Waals surface area contributed by atoms with Crippen LogP contribution in [-0.4, -0.2) is 18.4 Å². The van der Waals surface area contributed by atoms with Gasteiger partial charge in [0.1, 0.15) is 4.90 Å². The van der Waals surface area contributed by atoms with Crippen molar-refractivity contribution in [3.8, 4) is 0 Å². The Morgan fingerprint density at radius 2 is 2.22 bits per heavy atom. The van der Waals surface area contributed by atoms with Crippen LogP contribution in [-0.2, 0) is 16.6 Å². The summed E-state index contributed by atoms with van der Waals surface area (Å²) in [6.07, 6.45) is 1.41. The highest BCUT2D eigenvalue weighted by Gasteiger charge is 2.18. The largest absolute Gasteiger partial charge is 0.363 e. The molecule has 2 aromatic heterocycles. The van der Waals surface area contributed by atoms with Crippen LogP contribution in [0.3, 0.4) is 0 Å². The number of nitrogens with two attached hydrogens (primary N) is 1. The number of aromatic nitrogens is 2. The summed E-state index contributed by atoms with van der Waals surface area (Å²) in [7, 11) is -3.59. The SMILES string of the molecule is Cc1nc(NS(=O)(=O)c2c[nH]c(CN)c2)sc1C. The topological polar surface area (TPSA) is 101 Å². The van der Waals surface area contributed by atoms with Crippen LogP contribution in [0.15, 0.2) is 17.2 Å². The molecule has 0 unspecified atom stereocenters. The molecule has 6 nitrogen and oxygen atoms in total. The van der Waals surface area contributed by atoms with E-state index in [0.29, 0.717) is 10.8 Å². The van der Waals surface area contributed by atoms with E-state index in [1.165, 1.54) is 23.6 Å². The first-order valence-electron chi connectivity index (χ1n) is 5.26. The minimum Gasteiger partial charge on any atom is -0.363 e. The lowest BCUT2D eigenvalue weighted by molar-refractivity contribution is 0.601. The van der Waals surface area contributed by atoms with Gasteiger partial charge in [0.15, 0.2) is 5.13 Å². The van der Waals surface area contributed by atoms with E-state index in [0.717, 1.165) is 10.6 Å². The number of anilines is 1. The van der Waals surface area contributed by atoms with Crippen molar-refractivity contribution in [3.05, 3.63) is 28.5 Å². The number of thiazole rings is 1. The first-order chi connectivity index (χ1) is 8.42. The van der Waals surface area contributed by atoms with Crippen LogP contribution in [0, 0.1) is 13.8 Å². The van der Waals surface area contributed by atoms with Gasteiger partial charge in [-0.1, -0.05) is 0 Å². The molecule has 0 amide bonds. The van der Waals surface area contributed by atoms with E-state index >= 15 is 0 Å². The summed E-state index contributed by atoms with van der Waals surface area (Å²) in [5, 5.41) is 0.375. The lowest BCUT2D eigenvalue weighted by Crippen LogP contribution is -2.12. The fraction of sp³-hybridized carbons (Fsp3) is 0.300. The number of nitrogens with zero attached hydrogens (tertiary/aromatic N) is 1. The van der Waals surface area contributed by atoms with Crippen molar-refractivity contribution in [2.75, 3.05) is 4.72 Å². The summed E-state index contributed by atoms with van der Waals surface area (Å²) in [5.41, 5.74) is 6.92. The smallest absolute Gasteiger partial charge is 0.265 e.